The number of fused-ring (bicyclic) bond motifs is 3. The van der Waals surface area contributed by atoms with E-state index >= 15 is 4.39 Å². The summed E-state index contributed by atoms with van der Waals surface area (Å²) in [6.45, 7) is 11.6. The van der Waals surface area contributed by atoms with Crippen LogP contribution in [0.3, 0.4) is 0 Å². The number of nitriles is 1. The number of rotatable bonds is 8. The lowest BCUT2D eigenvalue weighted by atomic mass is 9.45. The number of carbonyl (C=O) groups excluding carboxylic acids is 5. The van der Waals surface area contributed by atoms with E-state index in [9.17, 15) is 29.2 Å². The number of benzene rings is 2. The molecule has 3 saturated heterocycles. The maximum atomic E-state index is 15.8. The Balaban J connectivity index is 0.711. The second-order valence-corrected chi connectivity index (χ2v) is 18.6. The molecular formula is C47H48FN9O6. The molecule has 16 heteroatoms. The highest BCUT2D eigenvalue weighted by Gasteiger charge is 2.69. The molecule has 6 aliphatic rings. The Morgan fingerprint density at radius 3 is 2.43 bits per heavy atom. The predicted molar refractivity (Wildman–Crippen MR) is 229 cm³/mol. The van der Waals surface area contributed by atoms with E-state index in [4.69, 9.17) is 4.74 Å². The van der Waals surface area contributed by atoms with Gasteiger partial charge in [-0.2, -0.15) is 5.26 Å². The molecule has 4 atom stereocenters. The second kappa shape index (κ2) is 15.1. The Kier molecular flexibility index (Phi) is 9.74. The van der Waals surface area contributed by atoms with Crippen LogP contribution in [0.1, 0.15) is 95.1 Å². The van der Waals surface area contributed by atoms with Crippen LogP contribution < -0.4 is 25.2 Å². The number of piperazine rings is 1. The van der Waals surface area contributed by atoms with Gasteiger partial charge in [0, 0.05) is 74.6 Å². The molecule has 5 amide bonds. The number of imide groups is 2. The van der Waals surface area contributed by atoms with E-state index in [1.165, 1.54) is 12.3 Å². The number of nitrogens with one attached hydrogen (secondary N) is 2. The van der Waals surface area contributed by atoms with Crippen molar-refractivity contribution in [3.05, 3.63) is 88.5 Å². The first-order valence-electron chi connectivity index (χ1n) is 21.8. The fourth-order valence-corrected chi connectivity index (χ4v) is 11.3. The van der Waals surface area contributed by atoms with Crippen LogP contribution >= 0.6 is 0 Å². The molecule has 63 heavy (non-hydrogen) atoms. The lowest BCUT2D eigenvalue weighted by molar-refractivity contribution is -0.136. The molecule has 2 N–H and O–H groups in total. The molecule has 324 valence electrons. The van der Waals surface area contributed by atoms with Gasteiger partial charge in [0.1, 0.15) is 24.0 Å². The fraction of sp³-hybridized carbons (Fsp3) is 0.447. The average Bonchev–Trinajstić information content (AvgIpc) is 3.53. The van der Waals surface area contributed by atoms with Crippen molar-refractivity contribution < 1.29 is 33.1 Å². The van der Waals surface area contributed by atoms with Crippen molar-refractivity contribution in [2.24, 2.45) is 11.3 Å². The summed E-state index contributed by atoms with van der Waals surface area (Å²) in [6.07, 6.45) is 5.93. The van der Waals surface area contributed by atoms with Gasteiger partial charge in [-0.3, -0.25) is 44.1 Å². The molecule has 1 aliphatic carbocycles. The van der Waals surface area contributed by atoms with E-state index < -0.39 is 52.2 Å². The summed E-state index contributed by atoms with van der Waals surface area (Å²) >= 11 is 0. The number of halogens is 1. The molecule has 0 bridgehead atoms. The van der Waals surface area contributed by atoms with E-state index in [-0.39, 0.29) is 47.5 Å². The SMILES string of the molecule is CC1(C)C(NC(=O)c2cnc(N3CCC(CCN4CCN(c5ccc6c(c5)C(=O)N(C5CCC(=O)NC5=O)C6=O)CC4)CC3)c(F)c2)C2(C)c3ccnc4c(C#N)ccc(c34)O[C@@H]12. The van der Waals surface area contributed by atoms with Crippen molar-refractivity contribution in [2.45, 2.75) is 76.5 Å². The highest BCUT2D eigenvalue weighted by molar-refractivity contribution is 6.23. The molecule has 4 fully saturated rings. The number of hydrogen-bond acceptors (Lipinski definition) is 12. The summed E-state index contributed by atoms with van der Waals surface area (Å²) in [5, 5.41) is 15.9. The largest absolute Gasteiger partial charge is 0.488 e. The molecule has 10 rings (SSSR count). The van der Waals surface area contributed by atoms with E-state index in [1.807, 2.05) is 23.1 Å². The summed E-state index contributed by atoms with van der Waals surface area (Å²) in [5.41, 5.74) is 2.46. The first-order valence-corrected chi connectivity index (χ1v) is 21.8. The zero-order valence-corrected chi connectivity index (χ0v) is 35.4. The molecule has 15 nitrogen and oxygen atoms in total. The van der Waals surface area contributed by atoms with Crippen LogP contribution in [0.4, 0.5) is 15.9 Å². The van der Waals surface area contributed by atoms with Crippen molar-refractivity contribution in [3.8, 4) is 11.8 Å². The van der Waals surface area contributed by atoms with E-state index in [0.717, 1.165) is 73.5 Å². The molecule has 7 heterocycles. The highest BCUT2D eigenvalue weighted by atomic mass is 19.1. The molecule has 0 radical (unpaired) electrons. The number of carbonyl (C=O) groups is 5. The standard InChI is InChI=1S/C47H48FN9O6/c1-46(2)44(47(3)32-10-14-50-38-27(24-49)4-8-35(37(32)38)63-45(46)47)53-40(59)28-22-33(48)39(51-25-28)56-16-12-26(13-17-56)11-15-54-18-20-55(21-19-54)29-5-6-30-31(23-29)43(62)57(42(30)61)34-7-9-36(58)52-41(34)60/h4-6,8,10,14,22-23,25-26,34,44-45H,7,9,11-13,15-21H2,1-3H3,(H,53,59)(H,52,58,60)/t34?,44?,45-,47?/m0/s1. The first kappa shape index (κ1) is 40.6. The normalized spacial score (nSPS) is 25.5. The lowest BCUT2D eigenvalue weighted by Crippen LogP contribution is -2.78. The van der Waals surface area contributed by atoms with Gasteiger partial charge in [0.15, 0.2) is 11.6 Å². The third kappa shape index (κ3) is 6.49. The number of pyridine rings is 2. The zero-order chi connectivity index (χ0) is 43.9. The van der Waals surface area contributed by atoms with Gasteiger partial charge >= 0.3 is 0 Å². The predicted octanol–water partition coefficient (Wildman–Crippen LogP) is 4.33. The average molecular weight is 854 g/mol. The van der Waals surface area contributed by atoms with Crippen LogP contribution in [0, 0.1) is 28.5 Å². The van der Waals surface area contributed by atoms with Gasteiger partial charge in [0.05, 0.1) is 39.2 Å². The topological polar surface area (TPSA) is 181 Å². The van der Waals surface area contributed by atoms with Gasteiger partial charge in [-0.1, -0.05) is 13.8 Å². The first-order chi connectivity index (χ1) is 30.3. The highest BCUT2D eigenvalue weighted by Crippen LogP contribution is 2.61. The van der Waals surface area contributed by atoms with Crippen molar-refractivity contribution in [2.75, 3.05) is 55.6 Å². The summed E-state index contributed by atoms with van der Waals surface area (Å²) in [6, 6.07) is 12.9. The molecule has 0 spiro atoms. The summed E-state index contributed by atoms with van der Waals surface area (Å²) in [4.78, 5) is 80.9. The fourth-order valence-electron chi connectivity index (χ4n) is 11.3. The zero-order valence-electron chi connectivity index (χ0n) is 35.4. The number of ether oxygens (including phenoxy) is 1. The number of amides is 5. The quantitative estimate of drug-likeness (QED) is 0.240. The molecule has 2 aromatic carbocycles. The minimum atomic E-state index is -0.993. The monoisotopic (exact) mass is 853 g/mol. The Morgan fingerprint density at radius 2 is 1.70 bits per heavy atom. The molecule has 5 aliphatic heterocycles. The van der Waals surface area contributed by atoms with Crippen molar-refractivity contribution >= 4 is 51.9 Å². The molecule has 4 aromatic rings. The summed E-state index contributed by atoms with van der Waals surface area (Å²) < 4.78 is 22.3. The number of aromatic nitrogens is 2. The molecule has 2 aromatic heterocycles. The maximum absolute atomic E-state index is 15.8. The van der Waals surface area contributed by atoms with E-state index in [2.05, 4.69) is 57.2 Å². The van der Waals surface area contributed by atoms with Crippen molar-refractivity contribution in [3.63, 3.8) is 0 Å². The number of anilines is 2. The molecular weight excluding hydrogens is 806 g/mol. The third-order valence-corrected chi connectivity index (χ3v) is 14.7. The maximum Gasteiger partial charge on any atom is 0.262 e. The number of hydrogen-bond donors (Lipinski definition) is 2. The van der Waals surface area contributed by atoms with Gasteiger partial charge in [-0.05, 0) is 93.1 Å². The van der Waals surface area contributed by atoms with E-state index in [1.54, 1.807) is 24.4 Å². The smallest absolute Gasteiger partial charge is 0.262 e. The minimum absolute atomic E-state index is 0.0762. The van der Waals surface area contributed by atoms with Gasteiger partial charge in [0.25, 0.3) is 17.7 Å². The van der Waals surface area contributed by atoms with Crippen LogP contribution in [-0.4, -0.2) is 113 Å². The summed E-state index contributed by atoms with van der Waals surface area (Å²) in [7, 11) is 0. The number of nitrogens with zero attached hydrogens (tertiary/aromatic N) is 7. The van der Waals surface area contributed by atoms with Crippen molar-refractivity contribution in [1.82, 2.24) is 30.4 Å². The Morgan fingerprint density at radius 1 is 0.937 bits per heavy atom. The van der Waals surface area contributed by atoms with Gasteiger partial charge in [-0.25, -0.2) is 9.37 Å². The van der Waals surface area contributed by atoms with Crippen LogP contribution in [0.25, 0.3) is 10.9 Å². The number of piperidine rings is 2. The minimum Gasteiger partial charge on any atom is -0.488 e. The van der Waals surface area contributed by atoms with Crippen LogP contribution in [-0.2, 0) is 15.0 Å². The van der Waals surface area contributed by atoms with Crippen LogP contribution in [0.5, 0.6) is 5.75 Å². The molecule has 3 unspecified atom stereocenters. The third-order valence-electron chi connectivity index (χ3n) is 14.7. The Bertz CT molecular complexity index is 2670. The Labute approximate surface area is 363 Å². The lowest BCUT2D eigenvalue weighted by Gasteiger charge is -2.66. The van der Waals surface area contributed by atoms with E-state index in [0.29, 0.717) is 35.8 Å². The van der Waals surface area contributed by atoms with Gasteiger partial charge in [0.2, 0.25) is 11.8 Å². The van der Waals surface area contributed by atoms with Crippen LogP contribution in [0.15, 0.2) is 54.9 Å². The van der Waals surface area contributed by atoms with Gasteiger partial charge in [-0.15, -0.1) is 0 Å². The second-order valence-electron chi connectivity index (χ2n) is 18.6. The van der Waals surface area contributed by atoms with Gasteiger partial charge < -0.3 is 19.9 Å². The summed E-state index contributed by atoms with van der Waals surface area (Å²) in [5.74, 6) is -1.58. The molecule has 1 saturated carbocycles. The Hall–Kier alpha value is -6.47. The van der Waals surface area contributed by atoms with Crippen LogP contribution in [0.2, 0.25) is 0 Å². The van der Waals surface area contributed by atoms with Crippen molar-refractivity contribution in [1.29, 1.82) is 5.26 Å².